The fourth-order valence-corrected chi connectivity index (χ4v) is 760. The van der Waals surface area contributed by atoms with Gasteiger partial charge < -0.3 is 186 Å². The lowest BCUT2D eigenvalue weighted by molar-refractivity contribution is 0.295. The van der Waals surface area contributed by atoms with Crippen molar-refractivity contribution in [2.24, 2.45) is 0 Å². The lowest BCUT2D eigenvalue weighted by atomic mass is 11.8. The molecule has 0 aliphatic rings. The molecule has 41 nitrogen and oxygen atoms in total. The number of hydrogen-bond acceptors (Lipinski definition) is 41. The zero-order valence-corrected chi connectivity index (χ0v) is 105. The Hall–Kier alpha value is 7.47. The highest BCUT2D eigenvalue weighted by molar-refractivity contribution is 8.24. The summed E-state index contributed by atoms with van der Waals surface area (Å²) in [7, 11) is -135. The highest BCUT2D eigenvalue weighted by atomic mass is 30.5. The van der Waals surface area contributed by atoms with Crippen molar-refractivity contribution in [2.45, 2.75) is 58.9 Å². The highest BCUT2D eigenvalue weighted by Crippen LogP contribution is 2.54. The van der Waals surface area contributed by atoms with Crippen LogP contribution >= 0.6 is 0 Å². The molecule has 0 saturated carbocycles. The molecule has 554 valence electrons. The molecule has 0 saturated heterocycles. The van der Waals surface area contributed by atoms with Crippen LogP contribution in [-0.2, 0) is 61.7 Å². The highest BCUT2D eigenvalue weighted by Gasteiger charge is 3.00. The van der Waals surface area contributed by atoms with Crippen LogP contribution in [0, 0.1) is 0 Å². The van der Waals surface area contributed by atoms with E-state index in [-0.39, 0.29) is 0 Å². The summed E-state index contributed by atoms with van der Waals surface area (Å²) in [5.41, 5.74) is 0. The van der Waals surface area contributed by atoms with E-state index < -0.39 is 365 Å². The van der Waals surface area contributed by atoms with Crippen LogP contribution in [0.1, 0.15) is 0 Å². The zero-order chi connectivity index (χ0) is 71.8. The summed E-state index contributed by atoms with van der Waals surface area (Å²) >= 11 is 0. The van der Waals surface area contributed by atoms with Gasteiger partial charge in [-0.25, -0.2) is 0 Å². The molecule has 0 fully saturated rings. The van der Waals surface area contributed by atoms with Gasteiger partial charge in [-0.3, -0.25) is 0 Å². The molecule has 26 N–H and O–H groups in total. The molecule has 0 amide bonds. The molecule has 0 aromatic carbocycles. The quantitative estimate of drug-likeness (QED) is 0.0251. The maximum Gasteiger partial charge on any atom is 0.338 e. The van der Waals surface area contributed by atoms with Gasteiger partial charge in [-0.2, -0.15) is 0 Å². The van der Waals surface area contributed by atoms with Crippen molar-refractivity contribution in [3.63, 3.8) is 0 Å². The van der Waals surface area contributed by atoms with Crippen LogP contribution in [0.25, 0.3) is 0 Å². The van der Waals surface area contributed by atoms with Crippen LogP contribution in [0.2, 0.25) is 58.9 Å². The average molecular weight is 2050 g/mol. The molecule has 0 aliphatic carbocycles. The van der Waals surface area contributed by atoms with Gasteiger partial charge in [0, 0.05) is 0 Å². The standard InChI is InChI=1S/C9H104O41Si42/c1-75(2)44-81(61-20,62-21)47-83(85(64-23,65-24)38-53-12,86(66-25,67-26)39-54-13)50-84(46-79(8,9)45-78(5,6)7,91(87(68-27,69-28)40-55-14,88(70-29,71-30)41-56-15)49-82(63-22,37-52-11)76(3)34)92(89(72-31,73-32)42-57-16,48-80(59-18,60-19)36-51-10)90(74-33,43-58-17)77(4)35/h10-35,75-77H,51-74H2,1-9H3. The molecule has 0 rings (SSSR count). The maximum atomic E-state index is 13.7. The predicted octanol–water partition coefficient (Wildman–Crippen LogP) is -39.9. The summed E-state index contributed by atoms with van der Waals surface area (Å²) in [6.07, 6.45) is 0. The Kier molecular flexibility index (Phi) is 47.8. The van der Waals surface area contributed by atoms with Crippen molar-refractivity contribution in [3.8, 4) is 0 Å². The molecule has 0 bridgehead atoms. The Balaban J connectivity index is 14.6. The van der Waals surface area contributed by atoms with Gasteiger partial charge in [-0.05, 0) is 58.9 Å². The van der Waals surface area contributed by atoms with Gasteiger partial charge in [0.05, 0.1) is 0 Å². The van der Waals surface area contributed by atoms with Crippen LogP contribution in [-0.4, -0.2) is 489 Å². The van der Waals surface area contributed by atoms with E-state index in [0.717, 1.165) is 13.1 Å². The summed E-state index contributed by atoms with van der Waals surface area (Å²) in [6.45, 7) is -37.1. The summed E-state index contributed by atoms with van der Waals surface area (Å²) in [5, 5.41) is 0. The maximum absolute atomic E-state index is 13.7. The normalized spacial score (nSPS) is 25.4. The second-order valence-electron chi connectivity index (χ2n) is 22.5. The fraction of sp³-hybridized carbons (Fsp3) is 1.00. The van der Waals surface area contributed by atoms with Gasteiger partial charge in [0.15, 0.2) is 128 Å². The van der Waals surface area contributed by atoms with Gasteiger partial charge in [0.1, 0.15) is 0 Å². The Morgan fingerprint density at radius 3 is 0.870 bits per heavy atom. The van der Waals surface area contributed by atoms with E-state index in [1.54, 1.807) is 32.7 Å². The molecule has 0 aromatic heterocycles. The first-order valence-corrected chi connectivity index (χ1v) is 133. The summed E-state index contributed by atoms with van der Waals surface area (Å²) in [5.74, 6) is 0. The van der Waals surface area contributed by atoms with E-state index in [1.165, 1.54) is 13.1 Å². The topological polar surface area (TPSA) is 664 Å². The van der Waals surface area contributed by atoms with Gasteiger partial charge >= 0.3 is 46.5 Å². The zero-order valence-electron chi connectivity index (χ0n) is 53.0. The Morgan fingerprint density at radius 2 is 0.609 bits per heavy atom. The molecule has 6 unspecified atom stereocenters. The van der Waals surface area contributed by atoms with Gasteiger partial charge in [-0.15, -0.1) is 0 Å². The van der Waals surface area contributed by atoms with E-state index in [0.29, 0.717) is 0 Å². The van der Waals surface area contributed by atoms with Crippen molar-refractivity contribution in [3.05, 3.63) is 0 Å². The SMILES string of the molecule is C[SiH](C)O[Si](O[Si](O[Si](O[Si](C)(C)O[Si](C)(C)C)([Si](O[Si](O[SiH2]O)([SiH2]O)[SiH](C)O)([Si](O[SiH2]O)([SiH2]O)[SiH2]O)[Si](O[SiH2]O)([SiH2]O)[SiH2]O)[Si](O[Si](O[SiH2]O)([SiH2]O)[SiH2]O)([Si](O[SiH2]O)([SiH2]O)[SiH2]O)[Si](O[SiH2]O)([SiH2]O)[SiH](C)O)([Si](O[SiH2]O)([SiH2]O)[SiH2]O)[Si](O[SiH2]O)([SiH2]O)[SiH2]O)([SiH2]O)[SiH2]O. The third-order valence-electron chi connectivity index (χ3n) is 15.3. The molecule has 6 atom stereocenters. The van der Waals surface area contributed by atoms with E-state index in [2.05, 4.69) is 0 Å². The lowest BCUT2D eigenvalue weighted by Gasteiger charge is -2.71. The Labute approximate surface area is 603 Å². The van der Waals surface area contributed by atoms with Crippen molar-refractivity contribution in [2.75, 3.05) is 0 Å². The second-order valence-corrected chi connectivity index (χ2v) is 257. The summed E-state index contributed by atoms with van der Waals surface area (Å²) < 4.78 is 108. The fourth-order valence-electron chi connectivity index (χ4n) is 11.3. The minimum absolute atomic E-state index is 1.09. The molecular formula is C9H104O41Si42. The molecule has 83 heteroatoms. The molecule has 0 aromatic rings. The van der Waals surface area contributed by atoms with Crippen LogP contribution < -0.4 is 0 Å². The number of hydrogen-bond donors (Lipinski definition) is 26. The van der Waals surface area contributed by atoms with Gasteiger partial charge in [-0.1, -0.05) is 0 Å². The molecular weight excluding hydrogens is 1940 g/mol. The third-order valence-corrected chi connectivity index (χ3v) is 441. The monoisotopic (exact) mass is 2040 g/mol. The van der Waals surface area contributed by atoms with Crippen LogP contribution in [0.3, 0.4) is 0 Å². The largest absolute Gasteiger partial charge is 0.442 e. The van der Waals surface area contributed by atoms with Crippen molar-refractivity contribution >= 4 is 365 Å². The first-order chi connectivity index (χ1) is 43.0. The first-order valence-electron chi connectivity index (χ1n) is 28.0. The minimum atomic E-state index is -7.70. The molecule has 0 radical (unpaired) electrons. The Bertz CT molecular complexity index is 1980. The van der Waals surface area contributed by atoms with Crippen molar-refractivity contribution in [1.82, 2.24) is 0 Å². The molecule has 0 spiro atoms. The second kappa shape index (κ2) is 44.2. The average Bonchev–Trinajstić information content (AvgIpc) is 0.639. The van der Waals surface area contributed by atoms with Crippen molar-refractivity contribution < 1.29 is 186 Å². The van der Waals surface area contributed by atoms with E-state index >= 15 is 0 Å². The van der Waals surface area contributed by atoms with Crippen molar-refractivity contribution in [1.29, 1.82) is 0 Å². The Morgan fingerprint density at radius 1 is 0.272 bits per heavy atom. The smallest absolute Gasteiger partial charge is 0.338 e. The van der Waals surface area contributed by atoms with E-state index in [4.69, 9.17) is 61.7 Å². The van der Waals surface area contributed by atoms with Gasteiger partial charge in [0.25, 0.3) is 108 Å². The van der Waals surface area contributed by atoms with Crippen LogP contribution in [0.15, 0.2) is 0 Å². The molecule has 0 heterocycles. The number of rotatable bonds is 56. The molecule has 92 heavy (non-hydrogen) atoms. The third kappa shape index (κ3) is 20.1. The summed E-state index contributed by atoms with van der Waals surface area (Å²) in [4.78, 5) is 326. The van der Waals surface area contributed by atoms with Gasteiger partial charge in [0.2, 0.25) is 82.4 Å². The summed E-state index contributed by atoms with van der Waals surface area (Å²) in [6, 6.07) is 0. The lowest BCUT2D eigenvalue weighted by Crippen LogP contribution is -3.14. The predicted molar refractivity (Wildman–Crippen MR) is 440 cm³/mol. The minimum Gasteiger partial charge on any atom is -0.442 e. The molecule has 0 aliphatic heterocycles. The van der Waals surface area contributed by atoms with Crippen LogP contribution in [0.5, 0.6) is 0 Å². The van der Waals surface area contributed by atoms with E-state index in [1.807, 2.05) is 0 Å². The van der Waals surface area contributed by atoms with Crippen LogP contribution in [0.4, 0.5) is 0 Å². The first kappa shape index (κ1) is 99.5. The van der Waals surface area contributed by atoms with E-state index in [9.17, 15) is 125 Å².